The Labute approximate surface area is 524 Å². The van der Waals surface area contributed by atoms with Gasteiger partial charge in [-0.25, -0.2) is 15.0 Å². The summed E-state index contributed by atoms with van der Waals surface area (Å²) in [5.74, 6) is 2.27. The zero-order valence-electron chi connectivity index (χ0n) is 49.9. The smallest absolute Gasteiger partial charge is 0.490 e. The molecule has 3 N–H and O–H groups in total. The summed E-state index contributed by atoms with van der Waals surface area (Å²) in [4.78, 5) is 72.7. The molecule has 7 aliphatic heterocycles. The minimum atomic E-state index is -0.449. The first-order valence-corrected chi connectivity index (χ1v) is 32.1. The van der Waals surface area contributed by atoms with Gasteiger partial charge in [-0.05, 0) is 140 Å². The van der Waals surface area contributed by atoms with E-state index in [-0.39, 0.29) is 39.8 Å². The van der Waals surface area contributed by atoms with E-state index in [9.17, 15) is 19.2 Å². The number of carbonyl (C=O) groups is 3. The first kappa shape index (κ1) is 58.7. The second-order valence-corrected chi connectivity index (χ2v) is 29.3. The van der Waals surface area contributed by atoms with Gasteiger partial charge in [0.2, 0.25) is 0 Å². The van der Waals surface area contributed by atoms with Gasteiger partial charge in [-0.15, -0.1) is 0 Å². The van der Waals surface area contributed by atoms with Crippen LogP contribution in [0.15, 0.2) is 98.8 Å². The van der Waals surface area contributed by atoms with Crippen LogP contribution in [0.4, 0.5) is 32.5 Å². The van der Waals surface area contributed by atoms with E-state index >= 15 is 0 Å². The van der Waals surface area contributed by atoms with Gasteiger partial charge in [-0.2, -0.15) is 0 Å². The molecule has 8 aromatic rings. The Morgan fingerprint density at radius 3 is 1.40 bits per heavy atom. The van der Waals surface area contributed by atoms with Crippen LogP contribution < -0.4 is 55.8 Å². The van der Waals surface area contributed by atoms with Crippen LogP contribution in [0.25, 0.3) is 22.1 Å². The lowest BCUT2D eigenvalue weighted by atomic mass is 9.78. The Morgan fingerprint density at radius 1 is 0.506 bits per heavy atom. The first-order chi connectivity index (χ1) is 41.3. The Morgan fingerprint density at radius 2 is 0.920 bits per heavy atom. The van der Waals surface area contributed by atoms with Gasteiger partial charge in [0.15, 0.2) is 20.8 Å². The van der Waals surface area contributed by atoms with Gasteiger partial charge in [-0.3, -0.25) is 19.2 Å². The lowest BCUT2D eigenvalue weighted by Crippen LogP contribution is -2.48. The van der Waals surface area contributed by atoms with E-state index in [1.807, 2.05) is 136 Å². The molecular formula is C63H65BBrN9O10S3. The minimum absolute atomic E-state index is 0.0253. The van der Waals surface area contributed by atoms with Gasteiger partial charge >= 0.3 is 7.12 Å². The number of anilines is 6. The van der Waals surface area contributed by atoms with Crippen molar-refractivity contribution in [3.05, 3.63) is 132 Å². The van der Waals surface area contributed by atoms with Crippen LogP contribution in [0.5, 0.6) is 17.2 Å². The number of thiazole rings is 3. The number of fused-ring (bicyclic) bond motifs is 7. The maximum atomic E-state index is 12.6. The van der Waals surface area contributed by atoms with Gasteiger partial charge in [-0.1, -0.05) is 68.1 Å². The molecule has 0 aliphatic carbocycles. The third-order valence-electron chi connectivity index (χ3n) is 16.5. The molecule has 0 bridgehead atoms. The maximum Gasteiger partial charge on any atom is 0.494 e. The van der Waals surface area contributed by atoms with Crippen molar-refractivity contribution in [2.24, 2.45) is 0 Å². The number of nitrogens with zero attached hydrogens (tertiary/aromatic N) is 6. The summed E-state index contributed by atoms with van der Waals surface area (Å²) in [6, 6.07) is 25.0. The third kappa shape index (κ3) is 11.4. The summed E-state index contributed by atoms with van der Waals surface area (Å²) < 4.78 is 36.4. The molecule has 24 heteroatoms. The van der Waals surface area contributed by atoms with Crippen molar-refractivity contribution >= 4 is 124 Å². The predicted molar refractivity (Wildman–Crippen MR) is 344 cm³/mol. The van der Waals surface area contributed by atoms with Crippen LogP contribution >= 0.6 is 49.9 Å². The number of carbonyl (C=O) groups excluding carboxylic acids is 3. The SMILES string of the molecule is CC1(C)Cc2nc(N3CCOc4ccc(-c5ccc6occc(=O)c6c5)cc43)sc2C(=O)N1.CC1(C)Cc2nc(N3CCOc4ccc(B5OC(C)(C)C(C)(C)O5)cc43)sc2C(=O)N1.CC1(C)Cc2nc(N3CCOc4ccc(Br)cc43)sc2C(=O)N1. The Hall–Kier alpha value is -7.35. The number of aromatic nitrogens is 3. The molecule has 0 spiro atoms. The average molecular weight is 1300 g/mol. The van der Waals surface area contributed by atoms with E-state index < -0.39 is 18.3 Å². The van der Waals surface area contributed by atoms with Crippen LogP contribution in [0, 0.1) is 0 Å². The monoisotopic (exact) mass is 1290 g/mol. The minimum Gasteiger partial charge on any atom is -0.490 e. The number of hydrogen-bond donors (Lipinski definition) is 3. The van der Waals surface area contributed by atoms with E-state index in [1.54, 1.807) is 0 Å². The van der Waals surface area contributed by atoms with Gasteiger partial charge in [0.25, 0.3) is 17.7 Å². The molecule has 15 rings (SSSR count). The molecule has 11 heterocycles. The van der Waals surface area contributed by atoms with Crippen molar-refractivity contribution in [2.75, 3.05) is 54.2 Å². The Balaban J connectivity index is 0.000000123. The molecule has 450 valence electrons. The van der Waals surface area contributed by atoms with Crippen LogP contribution in [-0.2, 0) is 28.6 Å². The number of rotatable bonds is 5. The van der Waals surface area contributed by atoms with Crippen molar-refractivity contribution in [3.63, 3.8) is 0 Å². The third-order valence-corrected chi connectivity index (χ3v) is 20.4. The highest BCUT2D eigenvalue weighted by Crippen LogP contribution is 2.46. The van der Waals surface area contributed by atoms with Crippen molar-refractivity contribution in [2.45, 2.75) is 116 Å². The lowest BCUT2D eigenvalue weighted by molar-refractivity contribution is 0.00578. The molecule has 7 aliphatic rings. The van der Waals surface area contributed by atoms with Crippen LogP contribution in [-0.4, -0.2) is 107 Å². The summed E-state index contributed by atoms with van der Waals surface area (Å²) in [6.07, 6.45) is 3.57. The molecule has 1 saturated heterocycles. The fourth-order valence-electron chi connectivity index (χ4n) is 11.5. The highest BCUT2D eigenvalue weighted by Gasteiger charge is 2.52. The van der Waals surface area contributed by atoms with Gasteiger partial charge in [0.1, 0.15) is 57.3 Å². The molecule has 4 aromatic heterocycles. The maximum absolute atomic E-state index is 12.6. The van der Waals surface area contributed by atoms with Gasteiger partial charge in [0, 0.05) is 46.4 Å². The highest BCUT2D eigenvalue weighted by atomic mass is 79.9. The van der Waals surface area contributed by atoms with E-state index in [0.29, 0.717) is 60.1 Å². The standard InChI is InChI=1S/C25H21N3O4S.C22H28BN3O4S.C16H16BrN3O2S/c1-25(2)13-17-22(23(30)27-25)33-24(26-17)28-8-10-32-21-6-4-15(12-18(21)28)14-3-5-20-16(11-14)19(29)7-9-31-20;1-20(2)12-14-17(18(27)25-20)31-19(24-14)26-9-10-28-16-8-7-13(11-15(16)26)23-29-21(3,4)22(5,6)30-23;1-16(2)8-10-13(14(21)19-16)23-15(18-10)20-5-6-22-12-4-3-9(17)7-11(12)20/h3-7,9,11-12H,8,10,13H2,1-2H3,(H,27,30);7-8,11H,9-10,12H2,1-6H3,(H,25,27);3-4,7H,5-6,8H2,1-2H3,(H,19,21). The van der Waals surface area contributed by atoms with Crippen molar-refractivity contribution in [1.82, 2.24) is 30.9 Å². The number of ether oxygens (including phenoxy) is 3. The molecular weight excluding hydrogens is 1230 g/mol. The molecule has 0 unspecified atom stereocenters. The topological polar surface area (TPSA) is 212 Å². The van der Waals surface area contributed by atoms with E-state index in [1.165, 1.54) is 46.3 Å². The van der Waals surface area contributed by atoms with Crippen LogP contribution in [0.1, 0.15) is 115 Å². The summed E-state index contributed by atoms with van der Waals surface area (Å²) in [5, 5.41) is 12.1. The second kappa shape index (κ2) is 21.8. The van der Waals surface area contributed by atoms with Crippen LogP contribution in [0.2, 0.25) is 0 Å². The van der Waals surface area contributed by atoms with Crippen molar-refractivity contribution < 1.29 is 42.3 Å². The number of benzene rings is 4. The fourth-order valence-corrected chi connectivity index (χ4v) is 14.9. The molecule has 0 saturated carbocycles. The summed E-state index contributed by atoms with van der Waals surface area (Å²) in [5.41, 5.74) is 7.02. The number of amides is 3. The first-order valence-electron chi connectivity index (χ1n) is 28.9. The summed E-state index contributed by atoms with van der Waals surface area (Å²) in [7, 11) is -0.449. The number of halogens is 1. The molecule has 0 atom stereocenters. The Bertz CT molecular complexity index is 4160. The molecule has 87 heavy (non-hydrogen) atoms. The van der Waals surface area contributed by atoms with Crippen molar-refractivity contribution in [3.8, 4) is 28.4 Å². The number of nitrogens with one attached hydrogen (secondary N) is 3. The Kier molecular flexibility index (Phi) is 14.7. The van der Waals surface area contributed by atoms with Crippen LogP contribution in [0.3, 0.4) is 0 Å². The van der Waals surface area contributed by atoms with E-state index in [4.69, 9.17) is 42.9 Å². The van der Waals surface area contributed by atoms with Gasteiger partial charge in [0.05, 0.1) is 76.6 Å². The fraction of sp³-hybridized carbons (Fsp3) is 0.381. The molecule has 19 nitrogen and oxygen atoms in total. The van der Waals surface area contributed by atoms with E-state index in [2.05, 4.69) is 52.6 Å². The normalized spacial score (nSPS) is 19.5. The lowest BCUT2D eigenvalue weighted by Gasteiger charge is -2.32. The quantitative estimate of drug-likeness (QED) is 0.137. The second-order valence-electron chi connectivity index (χ2n) is 25.5. The molecule has 3 amide bonds. The summed E-state index contributed by atoms with van der Waals surface area (Å²) in [6.45, 7) is 24.0. The highest BCUT2D eigenvalue weighted by molar-refractivity contribution is 9.10. The van der Waals surface area contributed by atoms with Crippen molar-refractivity contribution in [1.29, 1.82) is 0 Å². The molecule has 1 fully saturated rings. The summed E-state index contributed by atoms with van der Waals surface area (Å²) >= 11 is 7.81. The molecule has 0 radical (unpaired) electrons. The largest absolute Gasteiger partial charge is 0.494 e. The zero-order chi connectivity index (χ0) is 61.1. The molecule has 4 aromatic carbocycles. The zero-order valence-corrected chi connectivity index (χ0v) is 53.9. The predicted octanol–water partition coefficient (Wildman–Crippen LogP) is 11.0. The average Bonchev–Trinajstić information content (AvgIpc) is 2.23. The van der Waals surface area contributed by atoms with Gasteiger partial charge < -0.3 is 58.6 Å². The number of hydrogen-bond acceptors (Lipinski definition) is 19. The van der Waals surface area contributed by atoms with E-state index in [0.717, 1.165) is 112 Å².